The van der Waals surface area contributed by atoms with Gasteiger partial charge in [-0.3, -0.25) is 14.5 Å². The van der Waals surface area contributed by atoms with E-state index in [1.54, 1.807) is 18.1 Å². The summed E-state index contributed by atoms with van der Waals surface area (Å²) in [5.41, 5.74) is 1.93. The highest BCUT2D eigenvalue weighted by Crippen LogP contribution is 2.39. The molecule has 1 saturated heterocycles. The Morgan fingerprint density at radius 2 is 2.13 bits per heavy atom. The lowest BCUT2D eigenvalue weighted by Crippen LogP contribution is -2.42. The molecule has 4 rings (SSSR count). The normalized spacial score (nSPS) is 22.9. The third-order valence-electron chi connectivity index (χ3n) is 5.71. The fourth-order valence-electron chi connectivity index (χ4n) is 4.14. The molecule has 1 aromatic heterocycles. The zero-order valence-electron chi connectivity index (χ0n) is 17.3. The zero-order chi connectivity index (χ0) is 22.1. The fourth-order valence-corrected chi connectivity index (χ4v) is 5.52. The molecule has 0 bridgehead atoms. The number of hydrogen-bond acceptors (Lipinski definition) is 6. The van der Waals surface area contributed by atoms with Gasteiger partial charge in [-0.15, -0.1) is 0 Å². The molecule has 1 N–H and O–H groups in total. The Morgan fingerprint density at radius 1 is 1.32 bits per heavy atom. The van der Waals surface area contributed by atoms with Crippen LogP contribution in [0.1, 0.15) is 37.0 Å². The molecule has 2 aromatic rings. The fraction of sp³-hybridized carbons (Fsp3) is 0.348. The molecule has 8 heteroatoms. The van der Waals surface area contributed by atoms with Crippen LogP contribution in [0.4, 0.5) is 0 Å². The molecule has 31 heavy (non-hydrogen) atoms. The zero-order valence-corrected chi connectivity index (χ0v) is 18.9. The van der Waals surface area contributed by atoms with Crippen molar-refractivity contribution < 1.29 is 23.8 Å². The maximum Gasteiger partial charge on any atom is 0.306 e. The number of methoxy groups -OCH3 is 1. The Bertz CT molecular complexity index is 1070. The maximum atomic E-state index is 13.1. The number of carbonyl (C=O) groups excluding carboxylic acids is 1. The molecule has 1 aromatic carbocycles. The quantitative estimate of drug-likeness (QED) is 0.494. The van der Waals surface area contributed by atoms with E-state index in [2.05, 4.69) is 0 Å². The second-order valence-corrected chi connectivity index (χ2v) is 9.49. The lowest BCUT2D eigenvalue weighted by atomic mass is 9.85. The number of aryl methyl sites for hydroxylation is 1. The van der Waals surface area contributed by atoms with Crippen molar-refractivity contribution in [2.24, 2.45) is 5.92 Å². The second-order valence-electron chi connectivity index (χ2n) is 7.81. The van der Waals surface area contributed by atoms with Gasteiger partial charge in [-0.1, -0.05) is 42.0 Å². The molecule has 6 nitrogen and oxygen atoms in total. The van der Waals surface area contributed by atoms with Crippen molar-refractivity contribution in [2.75, 3.05) is 7.11 Å². The van der Waals surface area contributed by atoms with Gasteiger partial charge in [0.15, 0.2) is 0 Å². The summed E-state index contributed by atoms with van der Waals surface area (Å²) in [5.74, 6) is 0.495. The summed E-state index contributed by atoms with van der Waals surface area (Å²) >= 11 is 6.69. The van der Waals surface area contributed by atoms with E-state index in [4.69, 9.17) is 21.4 Å². The van der Waals surface area contributed by atoms with Gasteiger partial charge in [0.2, 0.25) is 0 Å². The number of nitrogens with zero attached hydrogens (tertiary/aromatic N) is 1. The average molecular weight is 458 g/mol. The van der Waals surface area contributed by atoms with Crippen molar-refractivity contribution >= 4 is 46.3 Å². The lowest BCUT2D eigenvalue weighted by Gasteiger charge is -2.32. The highest BCUT2D eigenvalue weighted by atomic mass is 32.2. The number of thiocarbonyl (C=S) groups is 1. The summed E-state index contributed by atoms with van der Waals surface area (Å²) in [7, 11) is 1.61. The summed E-state index contributed by atoms with van der Waals surface area (Å²) < 4.78 is 11.9. The van der Waals surface area contributed by atoms with E-state index in [0.717, 1.165) is 24.0 Å². The van der Waals surface area contributed by atoms with Gasteiger partial charge in [0, 0.05) is 12.1 Å². The Kier molecular flexibility index (Phi) is 6.20. The first-order valence-corrected chi connectivity index (χ1v) is 11.3. The van der Waals surface area contributed by atoms with E-state index < -0.39 is 11.9 Å². The van der Waals surface area contributed by atoms with Gasteiger partial charge in [0.25, 0.3) is 5.91 Å². The molecular weight excluding hydrogens is 434 g/mol. The number of hydrogen-bond donors (Lipinski definition) is 1. The Morgan fingerprint density at radius 3 is 2.87 bits per heavy atom. The van der Waals surface area contributed by atoms with Crippen LogP contribution in [0.5, 0.6) is 5.75 Å². The molecule has 0 spiro atoms. The third-order valence-corrected chi connectivity index (χ3v) is 7.04. The molecule has 2 unspecified atom stereocenters. The smallest absolute Gasteiger partial charge is 0.306 e. The predicted octanol–water partition coefficient (Wildman–Crippen LogP) is 5.11. The molecule has 1 aliphatic heterocycles. The first kappa shape index (κ1) is 21.6. The van der Waals surface area contributed by atoms with Crippen molar-refractivity contribution in [3.63, 3.8) is 0 Å². The van der Waals surface area contributed by atoms with Crippen LogP contribution in [0.25, 0.3) is 17.4 Å². The monoisotopic (exact) mass is 457 g/mol. The minimum Gasteiger partial charge on any atom is -0.496 e. The van der Waals surface area contributed by atoms with Crippen molar-refractivity contribution in [2.45, 2.75) is 38.6 Å². The number of carboxylic acids is 1. The standard InChI is InChI=1S/C23H23NO5S2/c1-13-6-8-18(28-2)17(10-13)19-9-7-16(29-19)12-20-21(25)24(23(30)31-20)15-5-3-4-14(11-15)22(26)27/h6-10,12,14-15H,3-5,11H2,1-2H3,(H,26,27)/b20-12+. The van der Waals surface area contributed by atoms with Crippen LogP contribution in [0.3, 0.4) is 0 Å². The second kappa shape index (κ2) is 8.88. The van der Waals surface area contributed by atoms with E-state index in [9.17, 15) is 14.7 Å². The van der Waals surface area contributed by atoms with Gasteiger partial charge < -0.3 is 14.3 Å². The topological polar surface area (TPSA) is 80.0 Å². The van der Waals surface area contributed by atoms with Crippen LogP contribution in [0.15, 0.2) is 39.7 Å². The molecule has 2 heterocycles. The number of thioether (sulfide) groups is 1. The van der Waals surface area contributed by atoms with Crippen molar-refractivity contribution in [1.29, 1.82) is 0 Å². The highest BCUT2D eigenvalue weighted by Gasteiger charge is 2.40. The van der Waals surface area contributed by atoms with Crippen LogP contribution in [-0.4, -0.2) is 39.4 Å². The molecule has 2 atom stereocenters. The molecule has 2 aliphatic rings. The molecule has 1 aliphatic carbocycles. The summed E-state index contributed by atoms with van der Waals surface area (Å²) in [4.78, 5) is 26.5. The van der Waals surface area contributed by atoms with Gasteiger partial charge in [-0.05, 0) is 50.5 Å². The highest BCUT2D eigenvalue weighted by molar-refractivity contribution is 8.26. The van der Waals surface area contributed by atoms with E-state index in [-0.39, 0.29) is 11.9 Å². The molecule has 1 amide bonds. The van der Waals surface area contributed by atoms with Crippen LogP contribution >= 0.6 is 24.0 Å². The number of amides is 1. The molecular formula is C23H23NO5S2. The van der Waals surface area contributed by atoms with Gasteiger partial charge in [0.05, 0.1) is 23.5 Å². The van der Waals surface area contributed by atoms with Crippen molar-refractivity contribution in [3.05, 3.63) is 46.6 Å². The third kappa shape index (κ3) is 4.41. The summed E-state index contributed by atoms with van der Waals surface area (Å²) in [6, 6.07) is 9.34. The van der Waals surface area contributed by atoms with E-state index in [1.807, 2.05) is 37.3 Å². The minimum absolute atomic E-state index is 0.169. The number of benzene rings is 1. The number of carboxylic acid groups (broad SMARTS) is 1. The van der Waals surface area contributed by atoms with Gasteiger partial charge in [-0.2, -0.15) is 0 Å². The van der Waals surface area contributed by atoms with Gasteiger partial charge >= 0.3 is 5.97 Å². The average Bonchev–Trinajstić information content (AvgIpc) is 3.32. The summed E-state index contributed by atoms with van der Waals surface area (Å²) in [5, 5.41) is 9.35. The van der Waals surface area contributed by atoms with Crippen LogP contribution in [0, 0.1) is 12.8 Å². The van der Waals surface area contributed by atoms with Crippen molar-refractivity contribution in [3.8, 4) is 17.1 Å². The number of rotatable bonds is 5. The first-order valence-electron chi connectivity index (χ1n) is 10.1. The van der Waals surface area contributed by atoms with Crippen LogP contribution in [-0.2, 0) is 9.59 Å². The molecule has 0 radical (unpaired) electrons. The van der Waals surface area contributed by atoms with Crippen LogP contribution in [0.2, 0.25) is 0 Å². The van der Waals surface area contributed by atoms with Crippen molar-refractivity contribution in [1.82, 2.24) is 4.90 Å². The van der Waals surface area contributed by atoms with Crippen LogP contribution < -0.4 is 4.74 Å². The largest absolute Gasteiger partial charge is 0.496 e. The summed E-state index contributed by atoms with van der Waals surface area (Å²) in [6.07, 6.45) is 4.32. The Hall–Kier alpha value is -2.58. The number of furan rings is 1. The SMILES string of the molecule is COc1ccc(C)cc1-c1ccc(/C=C2/SC(=S)N(C3CCCC(C(=O)O)C3)C2=O)o1. The van der Waals surface area contributed by atoms with Gasteiger partial charge in [-0.25, -0.2) is 0 Å². The van der Waals surface area contributed by atoms with E-state index in [1.165, 1.54) is 11.8 Å². The Balaban J connectivity index is 1.56. The predicted molar refractivity (Wildman–Crippen MR) is 124 cm³/mol. The first-order chi connectivity index (χ1) is 14.9. The minimum atomic E-state index is -0.805. The molecule has 162 valence electrons. The molecule has 1 saturated carbocycles. The lowest BCUT2D eigenvalue weighted by molar-refractivity contribution is -0.144. The molecule has 2 fully saturated rings. The summed E-state index contributed by atoms with van der Waals surface area (Å²) in [6.45, 7) is 2.00. The number of carbonyl (C=O) groups is 2. The maximum absolute atomic E-state index is 13.1. The number of aliphatic carboxylic acids is 1. The van der Waals surface area contributed by atoms with E-state index >= 15 is 0 Å². The van der Waals surface area contributed by atoms with E-state index in [0.29, 0.717) is 39.3 Å². The number of ether oxygens (including phenoxy) is 1. The Labute approximate surface area is 190 Å². The van der Waals surface area contributed by atoms with Gasteiger partial charge in [0.1, 0.15) is 21.6 Å².